The number of primary amides is 1. The summed E-state index contributed by atoms with van der Waals surface area (Å²) in [4.78, 5) is 62.4. The van der Waals surface area contributed by atoms with Crippen molar-refractivity contribution in [2.75, 3.05) is 38.7 Å². The number of carbonyl (C=O) groups excluding carboxylic acids is 5. The molecule has 1 unspecified atom stereocenters. The molecule has 0 saturated carbocycles. The third kappa shape index (κ3) is 29.0. The van der Waals surface area contributed by atoms with Crippen LogP contribution in [0.25, 0.3) is 0 Å². The molecule has 0 aliphatic carbocycles. The van der Waals surface area contributed by atoms with Crippen LogP contribution in [0.15, 0.2) is 24.3 Å². The van der Waals surface area contributed by atoms with Crippen molar-refractivity contribution >= 4 is 35.4 Å². The molecule has 0 fully saturated rings. The summed E-state index contributed by atoms with van der Waals surface area (Å²) in [7, 11) is 1.97. The summed E-state index contributed by atoms with van der Waals surface area (Å²) >= 11 is 0. The first-order chi connectivity index (χ1) is 23.3. The fourth-order valence-corrected chi connectivity index (χ4v) is 3.70. The van der Waals surface area contributed by atoms with Crippen LogP contribution in [0.1, 0.15) is 120 Å². The summed E-state index contributed by atoms with van der Waals surface area (Å²) in [5, 5.41) is 10.4. The van der Waals surface area contributed by atoms with Crippen molar-refractivity contribution in [3.8, 4) is 0 Å². The number of nitrogens with two attached hydrogens (primary N) is 1. The van der Waals surface area contributed by atoms with Crippen LogP contribution in [0.3, 0.4) is 0 Å². The number of anilines is 1. The zero-order valence-electron chi connectivity index (χ0n) is 32.3. The molecule has 13 nitrogen and oxygen atoms in total. The number of hydrogen-bond acceptors (Lipinski definition) is 8. The molecule has 0 bridgehead atoms. The van der Waals surface area contributed by atoms with Gasteiger partial charge in [0.25, 0.3) is 0 Å². The van der Waals surface area contributed by atoms with Crippen LogP contribution < -0.4 is 27.0 Å². The Kier molecular flexibility index (Phi) is 32.0. The maximum absolute atomic E-state index is 13.0. The van der Waals surface area contributed by atoms with Gasteiger partial charge in [0.05, 0.1) is 18.9 Å². The van der Waals surface area contributed by atoms with E-state index in [0.717, 1.165) is 18.5 Å². The molecule has 5 amide bonds. The molecule has 1 atom stereocenters. The first-order valence-corrected chi connectivity index (χ1v) is 17.7. The molecule has 0 spiro atoms. The van der Waals surface area contributed by atoms with Gasteiger partial charge in [0.2, 0.25) is 17.7 Å². The minimum atomic E-state index is -0.929. The molecule has 0 radical (unpaired) electrons. The average Bonchev–Trinajstić information content (AvgIpc) is 3.08. The third-order valence-electron chi connectivity index (χ3n) is 6.21. The summed E-state index contributed by atoms with van der Waals surface area (Å²) in [5.74, 6) is -1.61. The molecule has 0 aromatic heterocycles. The first-order valence-electron chi connectivity index (χ1n) is 17.7. The van der Waals surface area contributed by atoms with E-state index in [2.05, 4.69) is 46.9 Å². The summed E-state index contributed by atoms with van der Waals surface area (Å²) in [5.41, 5.74) is 5.82. The fraction of sp³-hybridized carbons (Fsp3) is 0.694. The van der Waals surface area contributed by atoms with Crippen molar-refractivity contribution in [1.29, 1.82) is 0 Å². The van der Waals surface area contributed by atoms with Crippen molar-refractivity contribution in [1.82, 2.24) is 20.9 Å². The quantitative estimate of drug-likeness (QED) is 0.0676. The Bertz CT molecular complexity index is 1040. The monoisotopic (exact) mass is 697 g/mol. The Hall–Kier alpha value is -3.71. The Morgan fingerprint density at radius 2 is 1.51 bits per heavy atom. The number of nitrogens with one attached hydrogen (secondary N) is 4. The van der Waals surface area contributed by atoms with Crippen LogP contribution >= 0.6 is 0 Å². The van der Waals surface area contributed by atoms with Gasteiger partial charge in [-0.05, 0) is 70.8 Å². The van der Waals surface area contributed by atoms with Gasteiger partial charge in [0.1, 0.15) is 12.6 Å². The summed E-state index contributed by atoms with van der Waals surface area (Å²) in [6.07, 6.45) is 3.78. The highest BCUT2D eigenvalue weighted by atomic mass is 16.5. The highest BCUT2D eigenvalue weighted by Crippen LogP contribution is 2.17. The van der Waals surface area contributed by atoms with Gasteiger partial charge in [0.15, 0.2) is 0 Å². The zero-order chi connectivity index (χ0) is 38.3. The number of benzene rings is 1. The van der Waals surface area contributed by atoms with Crippen LogP contribution in [0.2, 0.25) is 0 Å². The fourth-order valence-electron chi connectivity index (χ4n) is 3.70. The van der Waals surface area contributed by atoms with E-state index in [1.807, 2.05) is 48.6 Å². The second-order valence-corrected chi connectivity index (χ2v) is 11.4. The minimum Gasteiger partial charge on any atom is -0.461 e. The molecule has 6 N–H and O–H groups in total. The molecule has 13 heteroatoms. The standard InChI is InChI=1S/C29H48N6O7.C3H8.2C2H6/c1-6-17-35(5)20-42-29(3,4)15-14-24(36)32-18-25(37)34-23(9-8-16-31-28(30)40)27(39)33-22-12-10-21(11-13-22)19-41-26(38)7-2;1-3-2;2*1-2/h10-13,23H,6-9,14-20H2,1-5H3,(H,32,36)(H,33,39)(H,34,37)(H3,30,31,40);3H2,1-2H3;2*1-2H3. The summed E-state index contributed by atoms with van der Waals surface area (Å²) in [6, 6.07) is 5.14. The van der Waals surface area contributed by atoms with E-state index in [0.29, 0.717) is 25.3 Å². The van der Waals surface area contributed by atoms with Crippen LogP contribution in [-0.2, 0) is 35.3 Å². The summed E-state index contributed by atoms with van der Waals surface area (Å²) in [6.45, 7) is 21.3. The van der Waals surface area contributed by atoms with Gasteiger partial charge in [-0.3, -0.25) is 24.1 Å². The minimum absolute atomic E-state index is 0.124. The molecular weight excluding hydrogens is 628 g/mol. The number of hydrogen-bond donors (Lipinski definition) is 5. The lowest BCUT2D eigenvalue weighted by molar-refractivity contribution is -0.144. The molecule has 49 heavy (non-hydrogen) atoms. The van der Waals surface area contributed by atoms with Gasteiger partial charge in [-0.15, -0.1) is 0 Å². The number of esters is 1. The highest BCUT2D eigenvalue weighted by molar-refractivity contribution is 5.97. The van der Waals surface area contributed by atoms with Gasteiger partial charge in [-0.1, -0.05) is 73.9 Å². The van der Waals surface area contributed by atoms with E-state index < -0.39 is 29.5 Å². The van der Waals surface area contributed by atoms with E-state index in [-0.39, 0.29) is 50.8 Å². The second kappa shape index (κ2) is 31.6. The maximum Gasteiger partial charge on any atom is 0.312 e. The van der Waals surface area contributed by atoms with Crippen LogP contribution in [-0.4, -0.2) is 79.7 Å². The van der Waals surface area contributed by atoms with Crippen molar-refractivity contribution in [2.45, 2.75) is 132 Å². The molecule has 1 rings (SSSR count). The Labute approximate surface area is 296 Å². The average molecular weight is 697 g/mol. The van der Waals surface area contributed by atoms with E-state index in [1.165, 1.54) is 6.42 Å². The van der Waals surface area contributed by atoms with Crippen molar-refractivity contribution < 1.29 is 33.4 Å². The van der Waals surface area contributed by atoms with Crippen molar-refractivity contribution in [3.05, 3.63) is 29.8 Å². The molecule has 0 heterocycles. The molecule has 0 aliphatic heterocycles. The number of nitrogens with zero attached hydrogens (tertiary/aromatic N) is 1. The number of carbonyl (C=O) groups is 5. The van der Waals surface area contributed by atoms with Gasteiger partial charge < -0.3 is 36.5 Å². The maximum atomic E-state index is 13.0. The number of rotatable bonds is 20. The SMILES string of the molecule is CC.CC.CCC.CCCN(C)COC(C)(C)CCC(=O)NCC(=O)NC(CCCNC(N)=O)C(=O)Nc1ccc(COC(=O)CC)cc1. The molecular formula is C36H68N6O7. The van der Waals surface area contributed by atoms with Gasteiger partial charge in [-0.25, -0.2) is 4.79 Å². The lowest BCUT2D eigenvalue weighted by Crippen LogP contribution is -2.48. The smallest absolute Gasteiger partial charge is 0.312 e. The summed E-state index contributed by atoms with van der Waals surface area (Å²) < 4.78 is 11.0. The number of ether oxygens (including phenoxy) is 2. The Morgan fingerprint density at radius 3 is 2.04 bits per heavy atom. The van der Waals surface area contributed by atoms with E-state index in [1.54, 1.807) is 31.2 Å². The van der Waals surface area contributed by atoms with Crippen LogP contribution in [0, 0.1) is 0 Å². The highest BCUT2D eigenvalue weighted by Gasteiger charge is 2.23. The Morgan fingerprint density at radius 1 is 0.918 bits per heavy atom. The van der Waals surface area contributed by atoms with Crippen molar-refractivity contribution in [2.24, 2.45) is 5.73 Å². The number of amides is 5. The zero-order valence-corrected chi connectivity index (χ0v) is 32.3. The molecule has 284 valence electrons. The second-order valence-electron chi connectivity index (χ2n) is 11.4. The predicted molar refractivity (Wildman–Crippen MR) is 198 cm³/mol. The lowest BCUT2D eigenvalue weighted by atomic mass is 10.0. The van der Waals surface area contributed by atoms with Crippen LogP contribution in [0.5, 0.6) is 0 Å². The largest absolute Gasteiger partial charge is 0.461 e. The Balaban J connectivity index is -0.00000280. The lowest BCUT2D eigenvalue weighted by Gasteiger charge is -2.28. The van der Waals surface area contributed by atoms with Gasteiger partial charge >= 0.3 is 12.0 Å². The van der Waals surface area contributed by atoms with Gasteiger partial charge in [-0.2, -0.15) is 0 Å². The first kappa shape index (κ1) is 49.7. The predicted octanol–water partition coefficient (Wildman–Crippen LogP) is 5.47. The van der Waals surface area contributed by atoms with E-state index >= 15 is 0 Å². The van der Waals surface area contributed by atoms with Gasteiger partial charge in [0, 0.05) is 25.1 Å². The van der Waals surface area contributed by atoms with E-state index in [9.17, 15) is 24.0 Å². The molecule has 1 aromatic rings. The molecule has 0 aliphatic rings. The van der Waals surface area contributed by atoms with Crippen molar-refractivity contribution in [3.63, 3.8) is 0 Å². The molecule has 0 saturated heterocycles. The number of urea groups is 1. The van der Waals surface area contributed by atoms with E-state index in [4.69, 9.17) is 15.2 Å². The topological polar surface area (TPSA) is 181 Å². The molecule has 1 aromatic carbocycles. The normalized spacial score (nSPS) is 10.8. The van der Waals surface area contributed by atoms with Crippen LogP contribution in [0.4, 0.5) is 10.5 Å². The third-order valence-corrected chi connectivity index (χ3v) is 6.21.